The minimum absolute atomic E-state index is 0.604. The van der Waals surface area contributed by atoms with Crippen LogP contribution in [0.5, 0.6) is 0 Å². The third-order valence-electron chi connectivity index (χ3n) is 9.69. The van der Waals surface area contributed by atoms with Crippen LogP contribution in [0.25, 0.3) is 77.5 Å². The molecule has 10 aromatic rings. The zero-order valence-electron chi connectivity index (χ0n) is 27.5. The minimum atomic E-state index is 0.604. The van der Waals surface area contributed by atoms with E-state index in [1.54, 1.807) is 0 Å². The first kappa shape index (κ1) is 29.0. The summed E-state index contributed by atoms with van der Waals surface area (Å²) in [6.07, 6.45) is 0. The summed E-state index contributed by atoms with van der Waals surface area (Å²) in [6, 6.07) is 63.5. The molecule has 0 spiro atoms. The summed E-state index contributed by atoms with van der Waals surface area (Å²) < 4.78 is 12.8. The Bertz CT molecular complexity index is 2850. The third-order valence-corrected chi connectivity index (χ3v) is 9.69. The fourth-order valence-corrected chi connectivity index (χ4v) is 7.21. The van der Waals surface area contributed by atoms with Crippen LogP contribution >= 0.6 is 0 Å². The zero-order chi connectivity index (χ0) is 33.7. The highest BCUT2D eigenvalue weighted by Gasteiger charge is 2.19. The van der Waals surface area contributed by atoms with Crippen molar-refractivity contribution >= 4 is 60.9 Å². The number of para-hydroxylation sites is 2. The van der Waals surface area contributed by atoms with E-state index in [1.165, 1.54) is 21.9 Å². The number of hydrogen-bond donors (Lipinski definition) is 0. The van der Waals surface area contributed by atoms with Gasteiger partial charge in [0.05, 0.1) is 5.69 Å². The second-order valence-corrected chi connectivity index (χ2v) is 12.8. The standard InChI is InChI=1S/C47H30N2O2/c1-3-13-32(14-4-1)38-18-9-10-21-43(38)49(37-27-22-31-12-7-8-17-35(31)28-37)36-25-23-33(24-26-36)39-19-11-20-40-41-29-42-45(30-44(41)50-46(39)40)51-47(48-42)34-15-5-2-6-16-34/h1-30H. The lowest BCUT2D eigenvalue weighted by molar-refractivity contribution is 0.617. The molecule has 240 valence electrons. The van der Waals surface area contributed by atoms with E-state index in [9.17, 15) is 0 Å². The van der Waals surface area contributed by atoms with Gasteiger partial charge >= 0.3 is 0 Å². The lowest BCUT2D eigenvalue weighted by Gasteiger charge is -2.28. The van der Waals surface area contributed by atoms with Gasteiger partial charge in [-0.2, -0.15) is 0 Å². The van der Waals surface area contributed by atoms with Crippen LogP contribution in [0.15, 0.2) is 191 Å². The van der Waals surface area contributed by atoms with Crippen molar-refractivity contribution in [2.45, 2.75) is 0 Å². The number of oxazole rings is 1. The number of furan rings is 1. The average molecular weight is 655 g/mol. The number of aromatic nitrogens is 1. The number of benzene rings is 8. The van der Waals surface area contributed by atoms with Crippen molar-refractivity contribution in [1.29, 1.82) is 0 Å². The highest BCUT2D eigenvalue weighted by Crippen LogP contribution is 2.43. The second kappa shape index (κ2) is 11.9. The normalized spacial score (nSPS) is 11.5. The summed E-state index contributed by atoms with van der Waals surface area (Å²) in [6.45, 7) is 0. The molecule has 0 unspecified atom stereocenters. The van der Waals surface area contributed by atoms with E-state index in [1.807, 2.05) is 36.4 Å². The van der Waals surface area contributed by atoms with Gasteiger partial charge in [0.15, 0.2) is 5.58 Å². The van der Waals surface area contributed by atoms with Crippen molar-refractivity contribution in [3.8, 4) is 33.7 Å². The van der Waals surface area contributed by atoms with Crippen molar-refractivity contribution in [2.75, 3.05) is 4.90 Å². The molecular formula is C47H30N2O2. The molecule has 0 N–H and O–H groups in total. The Balaban J connectivity index is 1.08. The van der Waals surface area contributed by atoms with Gasteiger partial charge in [-0.3, -0.25) is 0 Å². The first-order chi connectivity index (χ1) is 25.3. The number of rotatable bonds is 6. The van der Waals surface area contributed by atoms with Crippen LogP contribution in [-0.4, -0.2) is 4.98 Å². The molecule has 2 heterocycles. The average Bonchev–Trinajstić information content (AvgIpc) is 3.79. The fraction of sp³-hybridized carbons (Fsp3) is 0. The molecule has 0 saturated heterocycles. The highest BCUT2D eigenvalue weighted by atomic mass is 16.4. The summed E-state index contributed by atoms with van der Waals surface area (Å²) in [4.78, 5) is 7.16. The summed E-state index contributed by atoms with van der Waals surface area (Å²) in [5, 5.41) is 4.48. The Morgan fingerprint density at radius 1 is 0.412 bits per heavy atom. The van der Waals surface area contributed by atoms with E-state index in [4.69, 9.17) is 13.8 Å². The lowest BCUT2D eigenvalue weighted by Crippen LogP contribution is -2.11. The molecule has 0 aliphatic rings. The molecule has 0 radical (unpaired) electrons. The van der Waals surface area contributed by atoms with E-state index in [2.05, 4.69) is 150 Å². The van der Waals surface area contributed by atoms with Crippen molar-refractivity contribution in [2.24, 2.45) is 0 Å². The Morgan fingerprint density at radius 2 is 1.08 bits per heavy atom. The molecule has 0 saturated carbocycles. The molecule has 0 aliphatic carbocycles. The minimum Gasteiger partial charge on any atom is -0.455 e. The predicted molar refractivity (Wildman–Crippen MR) is 210 cm³/mol. The molecule has 0 atom stereocenters. The van der Waals surface area contributed by atoms with Gasteiger partial charge in [-0.15, -0.1) is 0 Å². The lowest BCUT2D eigenvalue weighted by atomic mass is 10.00. The summed E-state index contributed by atoms with van der Waals surface area (Å²) in [5.74, 6) is 0.604. The van der Waals surface area contributed by atoms with Gasteiger partial charge < -0.3 is 13.7 Å². The molecule has 4 nitrogen and oxygen atoms in total. The first-order valence-corrected chi connectivity index (χ1v) is 17.1. The van der Waals surface area contributed by atoms with Gasteiger partial charge in [0.1, 0.15) is 16.7 Å². The number of nitrogens with zero attached hydrogens (tertiary/aromatic N) is 2. The third kappa shape index (κ3) is 5.04. The van der Waals surface area contributed by atoms with E-state index < -0.39 is 0 Å². The quantitative estimate of drug-likeness (QED) is 0.179. The molecular weight excluding hydrogens is 625 g/mol. The molecule has 2 aromatic heterocycles. The van der Waals surface area contributed by atoms with E-state index in [0.29, 0.717) is 11.5 Å². The van der Waals surface area contributed by atoms with Crippen LogP contribution < -0.4 is 4.90 Å². The highest BCUT2D eigenvalue weighted by molar-refractivity contribution is 6.12. The Hall–Kier alpha value is -6.91. The molecule has 4 heteroatoms. The second-order valence-electron chi connectivity index (χ2n) is 12.8. The number of hydrogen-bond acceptors (Lipinski definition) is 4. The molecule has 0 bridgehead atoms. The SMILES string of the molecule is c1ccc(-c2nc3cc4c(cc3o2)oc2c(-c3ccc(N(c5ccc6ccccc6c5)c5ccccc5-c5ccccc5)cc3)cccc24)cc1. The van der Waals surface area contributed by atoms with E-state index in [0.717, 1.165) is 61.2 Å². The van der Waals surface area contributed by atoms with Gasteiger partial charge in [0.2, 0.25) is 5.89 Å². The Morgan fingerprint density at radius 3 is 1.90 bits per heavy atom. The smallest absolute Gasteiger partial charge is 0.227 e. The van der Waals surface area contributed by atoms with Crippen molar-refractivity contribution < 1.29 is 8.83 Å². The Labute approximate surface area is 294 Å². The maximum absolute atomic E-state index is 6.58. The zero-order valence-corrected chi connectivity index (χ0v) is 27.5. The first-order valence-electron chi connectivity index (χ1n) is 17.1. The maximum Gasteiger partial charge on any atom is 0.227 e. The molecule has 8 aromatic carbocycles. The predicted octanol–water partition coefficient (Wildman–Crippen LogP) is 13.4. The fourth-order valence-electron chi connectivity index (χ4n) is 7.21. The van der Waals surface area contributed by atoms with E-state index in [-0.39, 0.29) is 0 Å². The van der Waals surface area contributed by atoms with Crippen LogP contribution in [0, 0.1) is 0 Å². The van der Waals surface area contributed by atoms with Gasteiger partial charge in [0, 0.05) is 44.9 Å². The van der Waals surface area contributed by atoms with Gasteiger partial charge in [-0.25, -0.2) is 4.98 Å². The van der Waals surface area contributed by atoms with Crippen LogP contribution in [0.4, 0.5) is 17.1 Å². The van der Waals surface area contributed by atoms with Crippen LogP contribution in [0.3, 0.4) is 0 Å². The largest absolute Gasteiger partial charge is 0.455 e. The maximum atomic E-state index is 6.58. The topological polar surface area (TPSA) is 42.4 Å². The molecule has 0 fully saturated rings. The van der Waals surface area contributed by atoms with Crippen LogP contribution in [0.2, 0.25) is 0 Å². The van der Waals surface area contributed by atoms with E-state index >= 15 is 0 Å². The van der Waals surface area contributed by atoms with Crippen molar-refractivity contribution in [1.82, 2.24) is 4.98 Å². The number of fused-ring (bicyclic) bond motifs is 5. The molecule has 51 heavy (non-hydrogen) atoms. The summed E-state index contributed by atoms with van der Waals surface area (Å²) in [7, 11) is 0. The van der Waals surface area contributed by atoms with Crippen LogP contribution in [0.1, 0.15) is 0 Å². The van der Waals surface area contributed by atoms with Crippen molar-refractivity contribution in [3.63, 3.8) is 0 Å². The molecule has 10 rings (SSSR count). The monoisotopic (exact) mass is 654 g/mol. The van der Waals surface area contributed by atoms with Gasteiger partial charge in [-0.05, 0) is 70.4 Å². The summed E-state index contributed by atoms with van der Waals surface area (Å²) in [5.41, 5.74) is 11.8. The number of anilines is 3. The van der Waals surface area contributed by atoms with Gasteiger partial charge in [-0.1, -0.05) is 127 Å². The van der Waals surface area contributed by atoms with Crippen LogP contribution in [-0.2, 0) is 0 Å². The van der Waals surface area contributed by atoms with Gasteiger partial charge in [0.25, 0.3) is 0 Å². The molecule has 0 amide bonds. The Kier molecular flexibility index (Phi) is 6.78. The van der Waals surface area contributed by atoms with Crippen molar-refractivity contribution in [3.05, 3.63) is 182 Å². The molecule has 0 aliphatic heterocycles. The summed E-state index contributed by atoms with van der Waals surface area (Å²) >= 11 is 0.